The van der Waals surface area contributed by atoms with Crippen LogP contribution in [0.25, 0.3) is 0 Å². The third-order valence-corrected chi connectivity index (χ3v) is 5.34. The molecule has 0 bridgehead atoms. The van der Waals surface area contributed by atoms with Gasteiger partial charge in [0, 0.05) is 6.54 Å². The zero-order valence-corrected chi connectivity index (χ0v) is 13.3. The van der Waals surface area contributed by atoms with Crippen molar-refractivity contribution in [3.63, 3.8) is 0 Å². The van der Waals surface area contributed by atoms with Crippen LogP contribution in [-0.2, 0) is 0 Å². The van der Waals surface area contributed by atoms with E-state index in [1.807, 2.05) is 4.90 Å². The van der Waals surface area contributed by atoms with E-state index in [0.29, 0.717) is 6.54 Å². The Kier molecular flexibility index (Phi) is 6.61. The Morgan fingerprint density at radius 2 is 1.64 bits per heavy atom. The van der Waals surface area contributed by atoms with Crippen LogP contribution >= 0.6 is 0 Å². The molecule has 2 aliphatic rings. The minimum Gasteiger partial charge on any atom is -0.395 e. The number of hydrogen-bond acceptors (Lipinski definition) is 6. The van der Waals surface area contributed by atoms with Crippen LogP contribution in [0.2, 0.25) is 0 Å². The summed E-state index contributed by atoms with van der Waals surface area (Å²) in [6.45, 7) is 0.657. The maximum atomic E-state index is 10.5. The molecule has 130 valence electrons. The molecule has 0 amide bonds. The van der Waals surface area contributed by atoms with Crippen LogP contribution in [0.4, 0.5) is 0 Å². The molecule has 0 aromatic heterocycles. The predicted octanol–water partition coefficient (Wildman–Crippen LogP) is -0.389. The Morgan fingerprint density at radius 3 is 2.27 bits per heavy atom. The summed E-state index contributed by atoms with van der Waals surface area (Å²) in [6, 6.07) is -0.531. The van der Waals surface area contributed by atoms with E-state index < -0.39 is 30.0 Å². The Labute approximate surface area is 132 Å². The van der Waals surface area contributed by atoms with Crippen LogP contribution in [0, 0.1) is 0 Å². The normalized spacial score (nSPS) is 36.4. The summed E-state index contributed by atoms with van der Waals surface area (Å²) in [5, 5.41) is 49.2. The van der Waals surface area contributed by atoms with Gasteiger partial charge in [-0.15, -0.1) is 0 Å². The lowest BCUT2D eigenvalue weighted by Crippen LogP contribution is -2.62. The van der Waals surface area contributed by atoms with Crippen molar-refractivity contribution in [3.8, 4) is 0 Å². The van der Waals surface area contributed by atoms with Crippen LogP contribution in [0.3, 0.4) is 0 Å². The summed E-state index contributed by atoms with van der Waals surface area (Å²) in [5.41, 5.74) is -0.508. The number of nitrogens with zero attached hydrogens (tertiary/aromatic N) is 1. The lowest BCUT2D eigenvalue weighted by Gasteiger charge is -2.43. The van der Waals surface area contributed by atoms with Gasteiger partial charge in [-0.1, -0.05) is 19.3 Å². The Morgan fingerprint density at radius 1 is 0.955 bits per heavy atom. The fraction of sp³-hybridized carbons (Fsp3) is 1.00. The molecule has 0 radical (unpaired) electrons. The van der Waals surface area contributed by atoms with Gasteiger partial charge in [-0.2, -0.15) is 0 Å². The van der Waals surface area contributed by atoms with Gasteiger partial charge in [0.25, 0.3) is 0 Å². The summed E-state index contributed by atoms with van der Waals surface area (Å²) >= 11 is 0. The average molecular weight is 317 g/mol. The van der Waals surface area contributed by atoms with Crippen LogP contribution in [0.5, 0.6) is 0 Å². The van der Waals surface area contributed by atoms with Gasteiger partial charge in [0.2, 0.25) is 0 Å². The highest BCUT2D eigenvalue weighted by Crippen LogP contribution is 2.32. The molecular weight excluding hydrogens is 286 g/mol. The van der Waals surface area contributed by atoms with Crippen molar-refractivity contribution in [2.24, 2.45) is 0 Å². The SMILES string of the molecule is OC[C@@H]1[C@@H](O)[C@H](O)[C@@H](O)CN1CCCCC1(O)CCCCC1. The maximum absolute atomic E-state index is 10.5. The predicted molar refractivity (Wildman–Crippen MR) is 82.4 cm³/mol. The average Bonchev–Trinajstić information content (AvgIpc) is 2.50. The van der Waals surface area contributed by atoms with Gasteiger partial charge < -0.3 is 25.5 Å². The van der Waals surface area contributed by atoms with Crippen LogP contribution < -0.4 is 0 Å². The summed E-state index contributed by atoms with van der Waals surface area (Å²) in [5.74, 6) is 0. The fourth-order valence-corrected chi connectivity index (χ4v) is 3.86. The number of aliphatic hydroxyl groups excluding tert-OH is 4. The van der Waals surface area contributed by atoms with Gasteiger partial charge in [0.1, 0.15) is 12.2 Å². The molecule has 0 aromatic carbocycles. The molecule has 1 saturated carbocycles. The van der Waals surface area contributed by atoms with Crippen molar-refractivity contribution >= 4 is 0 Å². The number of aliphatic hydroxyl groups is 5. The lowest BCUT2D eigenvalue weighted by molar-refractivity contribution is -0.145. The van der Waals surface area contributed by atoms with E-state index >= 15 is 0 Å². The molecule has 1 saturated heterocycles. The number of hydrogen-bond donors (Lipinski definition) is 5. The first-order valence-electron chi connectivity index (χ1n) is 8.58. The highest BCUT2D eigenvalue weighted by molar-refractivity contribution is 4.94. The number of rotatable bonds is 6. The number of likely N-dealkylation sites (tertiary alicyclic amines) is 1. The molecule has 6 heteroatoms. The molecule has 22 heavy (non-hydrogen) atoms. The third kappa shape index (κ3) is 4.40. The molecule has 2 rings (SSSR count). The Balaban J connectivity index is 1.75. The van der Waals surface area contributed by atoms with Gasteiger partial charge in [0.15, 0.2) is 0 Å². The van der Waals surface area contributed by atoms with Gasteiger partial charge in [-0.25, -0.2) is 0 Å². The zero-order chi connectivity index (χ0) is 16.2. The molecule has 0 aromatic rings. The zero-order valence-electron chi connectivity index (χ0n) is 13.3. The van der Waals surface area contributed by atoms with E-state index in [4.69, 9.17) is 0 Å². The van der Waals surface area contributed by atoms with E-state index in [-0.39, 0.29) is 13.2 Å². The van der Waals surface area contributed by atoms with Crippen molar-refractivity contribution in [3.05, 3.63) is 0 Å². The fourth-order valence-electron chi connectivity index (χ4n) is 3.86. The minimum atomic E-state index is -1.20. The second kappa shape index (κ2) is 8.04. The van der Waals surface area contributed by atoms with Crippen molar-refractivity contribution in [2.75, 3.05) is 19.7 Å². The van der Waals surface area contributed by atoms with Crippen molar-refractivity contribution in [1.29, 1.82) is 0 Å². The molecular formula is C16H31NO5. The molecule has 1 aliphatic heterocycles. The van der Waals surface area contributed by atoms with Gasteiger partial charge in [-0.05, 0) is 38.6 Å². The standard InChI is InChI=1S/C16H31NO5/c18-11-12-14(20)15(21)13(19)10-17(12)9-5-4-8-16(22)6-2-1-3-7-16/h12-15,18-22H,1-11H2/t12-,13+,14-,15-/m1/s1. The van der Waals surface area contributed by atoms with Crippen LogP contribution in [0.1, 0.15) is 51.4 Å². The van der Waals surface area contributed by atoms with E-state index in [2.05, 4.69) is 0 Å². The van der Waals surface area contributed by atoms with Crippen molar-refractivity contribution in [1.82, 2.24) is 4.90 Å². The van der Waals surface area contributed by atoms with Crippen LogP contribution in [-0.4, -0.2) is 80.1 Å². The largest absolute Gasteiger partial charge is 0.395 e. The molecule has 4 atom stereocenters. The number of piperidine rings is 1. The molecule has 5 N–H and O–H groups in total. The summed E-state index contributed by atoms with van der Waals surface area (Å²) < 4.78 is 0. The molecule has 1 aliphatic carbocycles. The smallest absolute Gasteiger partial charge is 0.109 e. The van der Waals surface area contributed by atoms with Crippen molar-refractivity contribution < 1.29 is 25.5 Å². The summed E-state index contributed by atoms with van der Waals surface area (Å²) in [7, 11) is 0. The summed E-state index contributed by atoms with van der Waals surface area (Å²) in [6.07, 6.45) is 4.41. The number of unbranched alkanes of at least 4 members (excludes halogenated alkanes) is 1. The molecule has 1 heterocycles. The first-order valence-corrected chi connectivity index (χ1v) is 8.58. The number of β-amino-alcohol motifs (C(OH)–C–C–N with tert-alkyl or cyclic N) is 1. The highest BCUT2D eigenvalue weighted by Gasteiger charge is 2.40. The first-order chi connectivity index (χ1) is 10.5. The van der Waals surface area contributed by atoms with E-state index in [9.17, 15) is 25.5 Å². The van der Waals surface area contributed by atoms with Gasteiger partial charge in [0.05, 0.1) is 24.4 Å². The van der Waals surface area contributed by atoms with Crippen molar-refractivity contribution in [2.45, 2.75) is 81.3 Å². The topological polar surface area (TPSA) is 104 Å². The monoisotopic (exact) mass is 317 g/mol. The quantitative estimate of drug-likeness (QED) is 0.428. The maximum Gasteiger partial charge on any atom is 0.109 e. The second-order valence-corrected chi connectivity index (χ2v) is 7.04. The minimum absolute atomic E-state index is 0.241. The first kappa shape index (κ1) is 18.1. The molecule has 6 nitrogen and oxygen atoms in total. The van der Waals surface area contributed by atoms with E-state index in [1.165, 1.54) is 6.42 Å². The molecule has 2 fully saturated rings. The Hall–Kier alpha value is -0.240. The lowest BCUT2D eigenvalue weighted by atomic mass is 9.81. The highest BCUT2D eigenvalue weighted by atomic mass is 16.4. The Bertz CT molecular complexity index is 334. The molecule has 0 unspecified atom stereocenters. The van der Waals surface area contributed by atoms with Gasteiger partial charge in [-0.3, -0.25) is 4.90 Å². The third-order valence-electron chi connectivity index (χ3n) is 5.34. The van der Waals surface area contributed by atoms with Gasteiger partial charge >= 0.3 is 0 Å². The molecule has 0 spiro atoms. The van der Waals surface area contributed by atoms with Crippen LogP contribution in [0.15, 0.2) is 0 Å². The second-order valence-electron chi connectivity index (χ2n) is 7.04. The van der Waals surface area contributed by atoms with E-state index in [1.54, 1.807) is 0 Å². The van der Waals surface area contributed by atoms with E-state index in [0.717, 1.165) is 44.9 Å². The summed E-state index contributed by atoms with van der Waals surface area (Å²) in [4.78, 5) is 1.84.